The summed E-state index contributed by atoms with van der Waals surface area (Å²) in [5.41, 5.74) is 8.89. The van der Waals surface area contributed by atoms with Crippen molar-refractivity contribution in [1.29, 1.82) is 0 Å². The van der Waals surface area contributed by atoms with Crippen LogP contribution in [-0.2, 0) is 11.0 Å². The van der Waals surface area contributed by atoms with Gasteiger partial charge in [0, 0.05) is 38.3 Å². The predicted octanol–water partition coefficient (Wildman–Crippen LogP) is 13.9. The maximum atomic E-state index is 7.83. The standard InChI is InChI=1S/C52H58O4S/c1-31-14-23-36-40(26-31)50(29-48(8,9)49(10,11)30-50)44-37-24-25-51(32-15-19-34(53-12)20-16-32,33-17-21-35(54-13)22-18-33)56-45(37)39-28-42-41(27-38(39)43(36)44)55-52(57-42,46(2,3)4)47(5,6)7/h14-28H,29-30H2,1-13H3. The molecule has 2 heterocycles. The van der Waals surface area contributed by atoms with E-state index in [-0.39, 0.29) is 27.1 Å². The zero-order valence-electron chi connectivity index (χ0n) is 36.1. The number of hydrogen-bond acceptors (Lipinski definition) is 5. The highest BCUT2D eigenvalue weighted by Crippen LogP contribution is 2.71. The van der Waals surface area contributed by atoms with Crippen molar-refractivity contribution in [3.05, 3.63) is 118 Å². The number of hydrogen-bond donors (Lipinski definition) is 0. The van der Waals surface area contributed by atoms with Crippen molar-refractivity contribution in [2.75, 3.05) is 14.2 Å². The number of rotatable bonds is 4. The zero-order chi connectivity index (χ0) is 40.7. The van der Waals surface area contributed by atoms with Crippen molar-refractivity contribution >= 4 is 28.6 Å². The SMILES string of the molecule is COc1ccc(C2(c3ccc(OC)cc3)C=Cc3c4c(c5cc6c(cc5c3O2)SC(C(C)(C)C)(C(C)(C)C)O6)-c2ccc(C)cc2C42CC(C)(C)C(C)(C)C2)cc1. The molecule has 0 saturated heterocycles. The van der Waals surface area contributed by atoms with Gasteiger partial charge in [0.25, 0.3) is 0 Å². The summed E-state index contributed by atoms with van der Waals surface area (Å²) >= 11 is 1.88. The molecule has 1 fully saturated rings. The third-order valence-electron chi connectivity index (χ3n) is 14.4. The Morgan fingerprint density at radius 1 is 0.667 bits per heavy atom. The summed E-state index contributed by atoms with van der Waals surface area (Å²) in [6.45, 7) is 26.0. The first-order valence-corrected chi connectivity index (χ1v) is 21.4. The van der Waals surface area contributed by atoms with Crippen LogP contribution in [0.3, 0.4) is 0 Å². The van der Waals surface area contributed by atoms with Crippen LogP contribution in [-0.4, -0.2) is 19.2 Å². The van der Waals surface area contributed by atoms with E-state index in [4.69, 9.17) is 18.9 Å². The van der Waals surface area contributed by atoms with E-state index in [0.717, 1.165) is 57.2 Å². The first-order valence-electron chi connectivity index (χ1n) is 20.6. The minimum atomic E-state index is -0.917. The number of aryl methyl sites for hydroxylation is 1. The zero-order valence-corrected chi connectivity index (χ0v) is 36.9. The molecular formula is C52H58O4S. The third-order valence-corrected chi connectivity index (χ3v) is 16.5. The number of ether oxygens (including phenoxy) is 4. The molecule has 5 aromatic carbocycles. The van der Waals surface area contributed by atoms with E-state index < -0.39 is 10.5 Å². The van der Waals surface area contributed by atoms with Crippen LogP contribution < -0.4 is 18.9 Å². The molecule has 1 saturated carbocycles. The minimum Gasteiger partial charge on any atom is -0.497 e. The number of methoxy groups -OCH3 is 2. The summed E-state index contributed by atoms with van der Waals surface area (Å²) < 4.78 is 26.4. The van der Waals surface area contributed by atoms with Gasteiger partial charge in [-0.05, 0) is 101 Å². The second-order valence-electron chi connectivity index (χ2n) is 20.5. The quantitative estimate of drug-likeness (QED) is 0.182. The fourth-order valence-corrected chi connectivity index (χ4v) is 12.6. The molecule has 0 N–H and O–H groups in total. The highest BCUT2D eigenvalue weighted by Gasteiger charge is 2.61. The van der Waals surface area contributed by atoms with Gasteiger partial charge in [-0.1, -0.05) is 135 Å². The van der Waals surface area contributed by atoms with Crippen LogP contribution in [0, 0.1) is 28.6 Å². The third kappa shape index (κ3) is 5.19. The monoisotopic (exact) mass is 778 g/mol. The topological polar surface area (TPSA) is 36.9 Å². The maximum Gasteiger partial charge on any atom is 0.178 e. The van der Waals surface area contributed by atoms with Crippen LogP contribution in [0.1, 0.15) is 115 Å². The molecule has 9 rings (SSSR count). The van der Waals surface area contributed by atoms with Crippen LogP contribution in [0.4, 0.5) is 0 Å². The molecule has 57 heavy (non-hydrogen) atoms. The Balaban J connectivity index is 1.39. The van der Waals surface area contributed by atoms with Gasteiger partial charge < -0.3 is 18.9 Å². The lowest BCUT2D eigenvalue weighted by atomic mass is 9.71. The number of fused-ring (bicyclic) bond motifs is 11. The fraction of sp³-hybridized carbons (Fsp3) is 0.423. The minimum absolute atomic E-state index is 0.101. The van der Waals surface area contributed by atoms with Crippen molar-refractivity contribution < 1.29 is 18.9 Å². The predicted molar refractivity (Wildman–Crippen MR) is 236 cm³/mol. The van der Waals surface area contributed by atoms with Crippen molar-refractivity contribution in [3.63, 3.8) is 0 Å². The Kier molecular flexibility index (Phi) is 8.11. The highest BCUT2D eigenvalue weighted by atomic mass is 32.2. The van der Waals surface area contributed by atoms with E-state index in [0.29, 0.717) is 0 Å². The molecule has 4 nitrogen and oxygen atoms in total. The summed E-state index contributed by atoms with van der Waals surface area (Å²) in [6, 6.07) is 28.6. The highest BCUT2D eigenvalue weighted by molar-refractivity contribution is 8.01. The van der Waals surface area contributed by atoms with Gasteiger partial charge in [-0.15, -0.1) is 0 Å². The first-order chi connectivity index (χ1) is 26.7. The Morgan fingerprint density at radius 2 is 1.23 bits per heavy atom. The summed E-state index contributed by atoms with van der Waals surface area (Å²) in [6.07, 6.45) is 6.81. The van der Waals surface area contributed by atoms with Gasteiger partial charge in [0.2, 0.25) is 0 Å². The lowest BCUT2D eigenvalue weighted by molar-refractivity contribution is -0.0296. The number of thioether (sulfide) groups is 1. The molecule has 2 aliphatic carbocycles. The van der Waals surface area contributed by atoms with E-state index in [9.17, 15) is 0 Å². The largest absolute Gasteiger partial charge is 0.497 e. The van der Waals surface area contributed by atoms with Crippen molar-refractivity contribution in [3.8, 4) is 34.1 Å². The van der Waals surface area contributed by atoms with Crippen LogP contribution in [0.2, 0.25) is 0 Å². The smallest absolute Gasteiger partial charge is 0.178 e. The summed E-state index contributed by atoms with van der Waals surface area (Å²) in [7, 11) is 3.42. The molecule has 0 radical (unpaired) electrons. The van der Waals surface area contributed by atoms with E-state index in [1.54, 1.807) is 14.2 Å². The van der Waals surface area contributed by atoms with Crippen molar-refractivity contribution in [1.82, 2.24) is 0 Å². The molecule has 5 heteroatoms. The average molecular weight is 779 g/mol. The van der Waals surface area contributed by atoms with E-state index in [1.165, 1.54) is 38.8 Å². The van der Waals surface area contributed by atoms with E-state index in [1.807, 2.05) is 36.0 Å². The number of benzene rings is 5. The van der Waals surface area contributed by atoms with Gasteiger partial charge in [-0.3, -0.25) is 0 Å². The Morgan fingerprint density at radius 3 is 1.75 bits per heavy atom. The Labute approximate surface area is 344 Å². The van der Waals surface area contributed by atoms with E-state index >= 15 is 0 Å². The van der Waals surface area contributed by atoms with Crippen LogP contribution >= 0.6 is 11.8 Å². The van der Waals surface area contributed by atoms with Gasteiger partial charge in [-0.25, -0.2) is 0 Å². The summed E-state index contributed by atoms with van der Waals surface area (Å²) in [5.74, 6) is 3.51. The molecule has 0 bridgehead atoms. The molecule has 1 spiro atoms. The van der Waals surface area contributed by atoms with Crippen LogP contribution in [0.25, 0.3) is 28.0 Å². The lowest BCUT2D eigenvalue weighted by Gasteiger charge is -2.48. The second-order valence-corrected chi connectivity index (χ2v) is 21.8. The van der Waals surface area contributed by atoms with Crippen LogP contribution in [0.5, 0.6) is 23.0 Å². The van der Waals surface area contributed by atoms with E-state index in [2.05, 4.69) is 143 Å². The Hall–Kier alpha value is -4.35. The van der Waals surface area contributed by atoms with Gasteiger partial charge in [0.15, 0.2) is 10.5 Å². The molecule has 5 aromatic rings. The van der Waals surface area contributed by atoms with Crippen molar-refractivity contribution in [2.24, 2.45) is 21.7 Å². The fourth-order valence-electron chi connectivity index (χ4n) is 11.1. The molecule has 4 aliphatic rings. The maximum absolute atomic E-state index is 7.83. The molecular weight excluding hydrogens is 721 g/mol. The molecule has 0 unspecified atom stereocenters. The molecule has 0 amide bonds. The molecule has 296 valence electrons. The second kappa shape index (κ2) is 12.1. The van der Waals surface area contributed by atoms with Crippen LogP contribution in [0.15, 0.2) is 89.8 Å². The van der Waals surface area contributed by atoms with Gasteiger partial charge in [0.1, 0.15) is 23.0 Å². The normalized spacial score (nSPS) is 20.0. The lowest BCUT2D eigenvalue weighted by Crippen LogP contribution is -2.53. The average Bonchev–Trinajstić information content (AvgIpc) is 3.74. The summed E-state index contributed by atoms with van der Waals surface area (Å²) in [5, 5.41) is 2.31. The van der Waals surface area contributed by atoms with Crippen molar-refractivity contribution in [2.45, 2.75) is 110 Å². The molecule has 0 atom stereocenters. The first kappa shape index (κ1) is 38.2. The summed E-state index contributed by atoms with van der Waals surface area (Å²) in [4.78, 5) is 0.683. The molecule has 2 aliphatic heterocycles. The Bertz CT molecular complexity index is 2410. The van der Waals surface area contributed by atoms with Gasteiger partial charge in [-0.2, -0.15) is 0 Å². The van der Waals surface area contributed by atoms with Gasteiger partial charge >= 0.3 is 0 Å². The molecule has 0 aromatic heterocycles. The van der Waals surface area contributed by atoms with Gasteiger partial charge in [0.05, 0.1) is 19.1 Å².